The lowest BCUT2D eigenvalue weighted by molar-refractivity contribution is 0.130. The zero-order chi connectivity index (χ0) is 10.6. The Balaban J connectivity index is 1.62. The van der Waals surface area contributed by atoms with E-state index in [2.05, 4.69) is 15.7 Å². The molecule has 1 aromatic rings. The van der Waals surface area contributed by atoms with E-state index in [9.17, 15) is 0 Å². The van der Waals surface area contributed by atoms with Gasteiger partial charge in [0.25, 0.3) is 0 Å². The minimum atomic E-state index is 0.467. The van der Waals surface area contributed by atoms with Gasteiger partial charge in [0.15, 0.2) is 0 Å². The van der Waals surface area contributed by atoms with Crippen molar-refractivity contribution in [3.05, 3.63) is 16.6 Å². The zero-order valence-corrected chi connectivity index (χ0v) is 9.85. The first kappa shape index (κ1) is 11.0. The van der Waals surface area contributed by atoms with Crippen LogP contribution in [-0.4, -0.2) is 18.1 Å². The number of nitrogens with two attached hydrogens (primary N) is 1. The summed E-state index contributed by atoms with van der Waals surface area (Å²) in [6.07, 6.45) is 5.22. The van der Waals surface area contributed by atoms with Crippen LogP contribution in [0.1, 0.15) is 31.4 Å². The van der Waals surface area contributed by atoms with E-state index in [4.69, 9.17) is 5.73 Å². The molecule has 3 nitrogen and oxygen atoms in total. The van der Waals surface area contributed by atoms with Gasteiger partial charge in [0.2, 0.25) is 0 Å². The van der Waals surface area contributed by atoms with E-state index in [1.165, 1.54) is 25.7 Å². The highest BCUT2D eigenvalue weighted by atomic mass is 32.1. The highest BCUT2D eigenvalue weighted by Crippen LogP contribution is 2.42. The average Bonchev–Trinajstić information content (AvgIpc) is 2.68. The topological polar surface area (TPSA) is 50.9 Å². The molecule has 0 aliphatic heterocycles. The molecule has 0 saturated heterocycles. The van der Waals surface area contributed by atoms with Crippen molar-refractivity contribution in [1.29, 1.82) is 0 Å². The van der Waals surface area contributed by atoms with Crippen molar-refractivity contribution in [2.45, 2.75) is 32.2 Å². The van der Waals surface area contributed by atoms with Crippen molar-refractivity contribution in [2.24, 2.45) is 11.1 Å². The summed E-state index contributed by atoms with van der Waals surface area (Å²) in [7, 11) is 0. The van der Waals surface area contributed by atoms with E-state index in [1.54, 1.807) is 11.3 Å². The molecule has 1 aliphatic rings. The Bertz CT molecular complexity index is 275. The zero-order valence-electron chi connectivity index (χ0n) is 9.04. The van der Waals surface area contributed by atoms with Crippen molar-refractivity contribution in [1.82, 2.24) is 10.3 Å². The summed E-state index contributed by atoms with van der Waals surface area (Å²) >= 11 is 1.65. The number of aromatic nitrogens is 1. The first-order valence-corrected chi connectivity index (χ1v) is 6.57. The van der Waals surface area contributed by atoms with Crippen LogP contribution in [0.5, 0.6) is 0 Å². The fourth-order valence-corrected chi connectivity index (χ4v) is 2.69. The number of thiazole rings is 1. The summed E-state index contributed by atoms with van der Waals surface area (Å²) in [5.41, 5.74) is 9.30. The van der Waals surface area contributed by atoms with Gasteiger partial charge < -0.3 is 11.1 Å². The minimum absolute atomic E-state index is 0.467. The summed E-state index contributed by atoms with van der Waals surface area (Å²) in [5.74, 6) is 0. The summed E-state index contributed by atoms with van der Waals surface area (Å²) < 4.78 is 0. The summed E-state index contributed by atoms with van der Waals surface area (Å²) in [6, 6.07) is 0. The smallest absolute Gasteiger partial charge is 0.0795 e. The molecule has 2 rings (SSSR count). The fourth-order valence-electron chi connectivity index (χ4n) is 2.13. The van der Waals surface area contributed by atoms with Gasteiger partial charge in [-0.05, 0) is 37.8 Å². The predicted octanol–water partition coefficient (Wildman–Crippen LogP) is 1.75. The molecule has 0 aromatic carbocycles. The van der Waals surface area contributed by atoms with E-state index in [-0.39, 0.29) is 0 Å². The third kappa shape index (κ3) is 2.77. The lowest BCUT2D eigenvalue weighted by Crippen LogP contribution is -2.39. The first-order chi connectivity index (χ1) is 7.35. The van der Waals surface area contributed by atoms with Gasteiger partial charge in [-0.3, -0.25) is 0 Å². The molecule has 1 aromatic heterocycles. The Morgan fingerprint density at radius 1 is 1.53 bits per heavy atom. The molecule has 0 unspecified atom stereocenters. The first-order valence-electron chi connectivity index (χ1n) is 5.63. The maximum atomic E-state index is 5.81. The van der Waals surface area contributed by atoms with Gasteiger partial charge in [-0.2, -0.15) is 0 Å². The standard InChI is InChI=1S/C11H19N3S/c12-8-11(2-1-3-11)4-5-13-6-10-7-15-9-14-10/h7,9,13H,1-6,8,12H2. The third-order valence-electron chi connectivity index (χ3n) is 3.47. The molecular weight excluding hydrogens is 206 g/mol. The molecule has 0 amide bonds. The van der Waals surface area contributed by atoms with Crippen molar-refractivity contribution >= 4 is 11.3 Å². The molecule has 15 heavy (non-hydrogen) atoms. The SMILES string of the molecule is NCC1(CCNCc2cscn2)CCC1. The van der Waals surface area contributed by atoms with Gasteiger partial charge >= 0.3 is 0 Å². The molecule has 1 saturated carbocycles. The van der Waals surface area contributed by atoms with Crippen LogP contribution >= 0.6 is 11.3 Å². The van der Waals surface area contributed by atoms with E-state index in [1.807, 2.05) is 5.51 Å². The molecule has 3 N–H and O–H groups in total. The molecule has 1 aliphatic carbocycles. The van der Waals surface area contributed by atoms with Crippen molar-refractivity contribution < 1.29 is 0 Å². The second kappa shape index (κ2) is 5.05. The molecule has 1 fully saturated rings. The summed E-state index contributed by atoms with van der Waals surface area (Å²) in [4.78, 5) is 4.24. The molecule has 0 radical (unpaired) electrons. The molecular formula is C11H19N3S. The average molecular weight is 225 g/mol. The Labute approximate surface area is 95.1 Å². The number of rotatable bonds is 6. The Kier molecular flexibility index (Phi) is 3.72. The largest absolute Gasteiger partial charge is 0.330 e. The molecule has 0 bridgehead atoms. The Hall–Kier alpha value is -0.450. The molecule has 0 spiro atoms. The van der Waals surface area contributed by atoms with Gasteiger partial charge in [0, 0.05) is 11.9 Å². The third-order valence-corrected chi connectivity index (χ3v) is 4.10. The summed E-state index contributed by atoms with van der Waals surface area (Å²) in [5, 5.41) is 5.53. The molecule has 0 atom stereocenters. The predicted molar refractivity (Wildman–Crippen MR) is 63.8 cm³/mol. The van der Waals surface area contributed by atoms with Crippen LogP contribution < -0.4 is 11.1 Å². The number of hydrogen-bond donors (Lipinski definition) is 2. The van der Waals surface area contributed by atoms with Crippen molar-refractivity contribution in [3.8, 4) is 0 Å². The molecule has 84 valence electrons. The number of nitrogens with zero attached hydrogens (tertiary/aromatic N) is 1. The van der Waals surface area contributed by atoms with Gasteiger partial charge in [0.1, 0.15) is 0 Å². The van der Waals surface area contributed by atoms with Crippen LogP contribution in [0.2, 0.25) is 0 Å². The van der Waals surface area contributed by atoms with Crippen molar-refractivity contribution in [2.75, 3.05) is 13.1 Å². The Morgan fingerprint density at radius 3 is 2.93 bits per heavy atom. The van der Waals surface area contributed by atoms with Crippen molar-refractivity contribution in [3.63, 3.8) is 0 Å². The van der Waals surface area contributed by atoms with E-state index in [0.29, 0.717) is 5.41 Å². The number of hydrogen-bond acceptors (Lipinski definition) is 4. The maximum absolute atomic E-state index is 5.81. The lowest BCUT2D eigenvalue weighted by Gasteiger charge is -2.41. The van der Waals surface area contributed by atoms with Gasteiger partial charge in [-0.15, -0.1) is 11.3 Å². The lowest BCUT2D eigenvalue weighted by atomic mass is 9.67. The van der Waals surface area contributed by atoms with Crippen LogP contribution in [0, 0.1) is 5.41 Å². The van der Waals surface area contributed by atoms with Crippen LogP contribution in [-0.2, 0) is 6.54 Å². The van der Waals surface area contributed by atoms with Gasteiger partial charge in [-0.25, -0.2) is 4.98 Å². The van der Waals surface area contributed by atoms with Crippen LogP contribution in [0.15, 0.2) is 10.9 Å². The molecule has 4 heteroatoms. The van der Waals surface area contributed by atoms with E-state index < -0.39 is 0 Å². The maximum Gasteiger partial charge on any atom is 0.0795 e. The minimum Gasteiger partial charge on any atom is -0.330 e. The quantitative estimate of drug-likeness (QED) is 0.725. The highest BCUT2D eigenvalue weighted by molar-refractivity contribution is 7.07. The van der Waals surface area contributed by atoms with Crippen LogP contribution in [0.4, 0.5) is 0 Å². The van der Waals surface area contributed by atoms with Gasteiger partial charge in [-0.1, -0.05) is 6.42 Å². The second-order valence-corrected chi connectivity index (χ2v) is 5.18. The second-order valence-electron chi connectivity index (χ2n) is 4.46. The number of nitrogens with one attached hydrogen (secondary N) is 1. The molecule has 1 heterocycles. The van der Waals surface area contributed by atoms with E-state index in [0.717, 1.165) is 25.3 Å². The van der Waals surface area contributed by atoms with Crippen LogP contribution in [0.25, 0.3) is 0 Å². The Morgan fingerprint density at radius 2 is 2.40 bits per heavy atom. The highest BCUT2D eigenvalue weighted by Gasteiger charge is 2.34. The van der Waals surface area contributed by atoms with Crippen LogP contribution in [0.3, 0.4) is 0 Å². The summed E-state index contributed by atoms with van der Waals surface area (Å²) in [6.45, 7) is 2.81. The monoisotopic (exact) mass is 225 g/mol. The normalized spacial score (nSPS) is 18.7. The van der Waals surface area contributed by atoms with E-state index >= 15 is 0 Å². The fraction of sp³-hybridized carbons (Fsp3) is 0.727. The van der Waals surface area contributed by atoms with Gasteiger partial charge in [0.05, 0.1) is 11.2 Å².